The van der Waals surface area contributed by atoms with E-state index in [0.717, 1.165) is 77.5 Å². The predicted molar refractivity (Wildman–Crippen MR) is 196 cm³/mol. The Morgan fingerprint density at radius 3 is 1.94 bits per heavy atom. The lowest BCUT2D eigenvalue weighted by Gasteiger charge is -2.28. The molecule has 10 rings (SSSR count). The van der Waals surface area contributed by atoms with Gasteiger partial charge in [0.2, 0.25) is 0 Å². The van der Waals surface area contributed by atoms with E-state index in [9.17, 15) is 0 Å². The van der Waals surface area contributed by atoms with Crippen LogP contribution in [0.15, 0.2) is 173 Å². The topological polar surface area (TPSA) is 29.5 Å². The van der Waals surface area contributed by atoms with Crippen LogP contribution in [-0.4, -0.2) is 0 Å². The van der Waals surface area contributed by atoms with Gasteiger partial charge in [-0.1, -0.05) is 121 Å². The van der Waals surface area contributed by atoms with E-state index in [1.807, 2.05) is 12.1 Å². The van der Waals surface area contributed by atoms with Gasteiger partial charge < -0.3 is 13.7 Å². The molecule has 3 heteroatoms. The molecule has 8 aromatic carbocycles. The summed E-state index contributed by atoms with van der Waals surface area (Å²) < 4.78 is 13.1. The van der Waals surface area contributed by atoms with Gasteiger partial charge in [-0.2, -0.15) is 0 Å². The van der Waals surface area contributed by atoms with Crippen LogP contribution in [-0.2, 0) is 0 Å². The predicted octanol–water partition coefficient (Wildman–Crippen LogP) is 12.9. The van der Waals surface area contributed by atoms with Crippen molar-refractivity contribution in [2.45, 2.75) is 0 Å². The van der Waals surface area contributed by atoms with Crippen molar-refractivity contribution in [2.75, 3.05) is 4.90 Å². The van der Waals surface area contributed by atoms with Gasteiger partial charge in [-0.3, -0.25) is 0 Å². The van der Waals surface area contributed by atoms with E-state index in [2.05, 4.69) is 157 Å². The van der Waals surface area contributed by atoms with Crippen LogP contribution < -0.4 is 4.90 Å². The van der Waals surface area contributed by atoms with Crippen LogP contribution >= 0.6 is 0 Å². The maximum Gasteiger partial charge on any atom is 0.143 e. The number of fused-ring (bicyclic) bond motifs is 9. The molecule has 0 aliphatic rings. The lowest BCUT2D eigenvalue weighted by atomic mass is 10.00. The zero-order valence-electron chi connectivity index (χ0n) is 25.4. The number of rotatable bonds is 4. The molecule has 0 fully saturated rings. The SMILES string of the molecule is c1cc(-c2cccc3c2oc2ccccc23)cc(N(c2cccc3ccccc23)c2cccc3oc4c5ccccc5ccc4c23)c1. The minimum atomic E-state index is 0.863. The van der Waals surface area contributed by atoms with Gasteiger partial charge in [-0.15, -0.1) is 0 Å². The van der Waals surface area contributed by atoms with Crippen molar-refractivity contribution in [3.63, 3.8) is 0 Å². The molecule has 0 radical (unpaired) electrons. The molecule has 0 bridgehead atoms. The summed E-state index contributed by atoms with van der Waals surface area (Å²) in [5, 5.41) is 9.08. The van der Waals surface area contributed by atoms with E-state index in [-0.39, 0.29) is 0 Å². The lowest BCUT2D eigenvalue weighted by molar-refractivity contribution is 0.670. The van der Waals surface area contributed by atoms with Crippen LogP contribution in [0, 0.1) is 0 Å². The van der Waals surface area contributed by atoms with Gasteiger partial charge in [0.25, 0.3) is 0 Å². The van der Waals surface area contributed by atoms with E-state index in [0.29, 0.717) is 0 Å². The summed E-state index contributed by atoms with van der Waals surface area (Å²) in [4.78, 5) is 2.39. The highest BCUT2D eigenvalue weighted by Crippen LogP contribution is 2.47. The number of hydrogen-bond donors (Lipinski definition) is 0. The van der Waals surface area contributed by atoms with Crippen LogP contribution in [0.25, 0.3) is 76.5 Å². The Labute approximate surface area is 270 Å². The van der Waals surface area contributed by atoms with Crippen molar-refractivity contribution in [3.8, 4) is 11.1 Å². The third kappa shape index (κ3) is 3.93. The number of anilines is 3. The average Bonchev–Trinajstić information content (AvgIpc) is 3.71. The minimum Gasteiger partial charge on any atom is -0.455 e. The second kappa shape index (κ2) is 10.1. The summed E-state index contributed by atoms with van der Waals surface area (Å²) in [5.74, 6) is 0. The number of para-hydroxylation sites is 2. The van der Waals surface area contributed by atoms with Crippen LogP contribution in [0.5, 0.6) is 0 Å². The van der Waals surface area contributed by atoms with Crippen molar-refractivity contribution in [1.29, 1.82) is 0 Å². The molecule has 0 N–H and O–H groups in total. The summed E-state index contributed by atoms with van der Waals surface area (Å²) in [6, 6.07) is 57.8. The fourth-order valence-electron chi connectivity index (χ4n) is 7.32. The molecule has 0 spiro atoms. The summed E-state index contributed by atoms with van der Waals surface area (Å²) in [7, 11) is 0. The zero-order valence-corrected chi connectivity index (χ0v) is 25.4. The molecule has 2 heterocycles. The van der Waals surface area contributed by atoms with Crippen molar-refractivity contribution in [3.05, 3.63) is 164 Å². The van der Waals surface area contributed by atoms with Crippen LogP contribution in [0.4, 0.5) is 17.1 Å². The van der Waals surface area contributed by atoms with Gasteiger partial charge in [-0.25, -0.2) is 0 Å². The molecule has 0 unspecified atom stereocenters. The van der Waals surface area contributed by atoms with E-state index >= 15 is 0 Å². The minimum absolute atomic E-state index is 0.863. The number of furan rings is 2. The third-order valence-corrected chi connectivity index (χ3v) is 9.43. The second-order valence-corrected chi connectivity index (χ2v) is 12.1. The second-order valence-electron chi connectivity index (χ2n) is 12.1. The van der Waals surface area contributed by atoms with Crippen LogP contribution in [0.3, 0.4) is 0 Å². The van der Waals surface area contributed by atoms with Crippen LogP contribution in [0.1, 0.15) is 0 Å². The molecule has 0 saturated carbocycles. The fourth-order valence-corrected chi connectivity index (χ4v) is 7.32. The molecule has 0 saturated heterocycles. The molecule has 220 valence electrons. The van der Waals surface area contributed by atoms with E-state index in [1.165, 1.54) is 16.2 Å². The first-order valence-electron chi connectivity index (χ1n) is 15.9. The van der Waals surface area contributed by atoms with Crippen molar-refractivity contribution in [1.82, 2.24) is 0 Å². The smallest absolute Gasteiger partial charge is 0.143 e. The van der Waals surface area contributed by atoms with Gasteiger partial charge in [-0.05, 0) is 58.8 Å². The molecule has 0 aliphatic carbocycles. The Morgan fingerprint density at radius 2 is 1.02 bits per heavy atom. The standard InChI is InChI=1S/C44H27NO2/c1-3-16-32-28(11-1)13-8-21-38(32)45(39-22-10-24-41-42(39)37-26-25-29-12-2-4-17-33(29)44(37)47-41)31-15-7-14-30(27-31)34-19-9-20-36-35-18-5-6-23-40(35)46-43(34)36/h1-27H. The first-order chi connectivity index (χ1) is 23.3. The Kier molecular flexibility index (Phi) is 5.57. The molecule has 0 amide bonds. The van der Waals surface area contributed by atoms with E-state index < -0.39 is 0 Å². The number of hydrogen-bond acceptors (Lipinski definition) is 3. The molecule has 3 nitrogen and oxygen atoms in total. The summed E-state index contributed by atoms with van der Waals surface area (Å²) in [6.45, 7) is 0. The quantitative estimate of drug-likeness (QED) is 0.201. The summed E-state index contributed by atoms with van der Waals surface area (Å²) >= 11 is 0. The summed E-state index contributed by atoms with van der Waals surface area (Å²) in [5.41, 5.74) is 8.94. The molecule has 47 heavy (non-hydrogen) atoms. The van der Waals surface area contributed by atoms with Gasteiger partial charge >= 0.3 is 0 Å². The fraction of sp³-hybridized carbons (Fsp3) is 0. The Bertz CT molecular complexity index is 2820. The van der Waals surface area contributed by atoms with Crippen molar-refractivity contribution < 1.29 is 8.83 Å². The first-order valence-corrected chi connectivity index (χ1v) is 15.9. The highest BCUT2D eigenvalue weighted by Gasteiger charge is 2.22. The van der Waals surface area contributed by atoms with Crippen molar-refractivity contribution in [2.24, 2.45) is 0 Å². The maximum atomic E-state index is 6.65. The van der Waals surface area contributed by atoms with E-state index in [4.69, 9.17) is 8.83 Å². The van der Waals surface area contributed by atoms with E-state index in [1.54, 1.807) is 0 Å². The molecule has 10 aromatic rings. The first kappa shape index (κ1) is 26.0. The molecule has 0 atom stereocenters. The molecular weight excluding hydrogens is 574 g/mol. The summed E-state index contributed by atoms with van der Waals surface area (Å²) in [6.07, 6.45) is 0. The van der Waals surface area contributed by atoms with Gasteiger partial charge in [0.05, 0.1) is 16.8 Å². The van der Waals surface area contributed by atoms with Gasteiger partial charge in [0.1, 0.15) is 22.3 Å². The largest absolute Gasteiger partial charge is 0.455 e. The third-order valence-electron chi connectivity index (χ3n) is 9.43. The number of benzene rings is 8. The Balaban J connectivity index is 1.26. The van der Waals surface area contributed by atoms with Gasteiger partial charge in [0, 0.05) is 38.2 Å². The number of nitrogens with zero attached hydrogens (tertiary/aromatic N) is 1. The Morgan fingerprint density at radius 1 is 0.383 bits per heavy atom. The van der Waals surface area contributed by atoms with Gasteiger partial charge in [0.15, 0.2) is 0 Å². The molecule has 0 aliphatic heterocycles. The average molecular weight is 602 g/mol. The normalized spacial score (nSPS) is 11.8. The van der Waals surface area contributed by atoms with Crippen molar-refractivity contribution >= 4 is 82.5 Å². The maximum absolute atomic E-state index is 6.65. The molecular formula is C44H27NO2. The highest BCUT2D eigenvalue weighted by atomic mass is 16.3. The van der Waals surface area contributed by atoms with Crippen LogP contribution in [0.2, 0.25) is 0 Å². The zero-order chi connectivity index (χ0) is 30.9. The monoisotopic (exact) mass is 601 g/mol. The lowest BCUT2D eigenvalue weighted by Crippen LogP contribution is -2.11. The highest BCUT2D eigenvalue weighted by molar-refractivity contribution is 6.20. The molecule has 2 aromatic heterocycles. The Hall–Kier alpha value is -6.32.